The van der Waals surface area contributed by atoms with Crippen molar-refractivity contribution in [2.45, 2.75) is 18.9 Å². The number of benzene rings is 1. The molecule has 4 rings (SSSR count). The van der Waals surface area contributed by atoms with Crippen LogP contribution in [0.4, 0.5) is 0 Å². The number of nitrogens with zero attached hydrogens (tertiary/aromatic N) is 3. The van der Waals surface area contributed by atoms with E-state index in [0.717, 1.165) is 31.6 Å². The Labute approximate surface area is 168 Å². The largest absolute Gasteiger partial charge is 0.463 e. The number of aromatic nitrogens is 2. The maximum Gasteiger partial charge on any atom is 0.270 e. The number of likely N-dealkylation sites (tertiary alicyclic amines) is 1. The van der Waals surface area contributed by atoms with E-state index in [1.807, 2.05) is 41.3 Å². The van der Waals surface area contributed by atoms with Crippen molar-refractivity contribution in [2.24, 2.45) is 5.73 Å². The van der Waals surface area contributed by atoms with Gasteiger partial charge in [-0.2, -0.15) is 5.10 Å². The molecule has 2 aromatic heterocycles. The fraction of sp³-hybridized carbons (Fsp3) is 0.286. The number of piperidine rings is 1. The van der Waals surface area contributed by atoms with Crippen LogP contribution in [0.1, 0.15) is 23.3 Å². The van der Waals surface area contributed by atoms with Crippen LogP contribution in [0.25, 0.3) is 17.1 Å². The molecule has 2 amide bonds. The predicted octanol–water partition coefficient (Wildman–Crippen LogP) is 1.81. The Morgan fingerprint density at radius 2 is 1.90 bits per heavy atom. The molecule has 150 valence electrons. The van der Waals surface area contributed by atoms with E-state index < -0.39 is 0 Å². The smallest absolute Gasteiger partial charge is 0.270 e. The highest BCUT2D eigenvalue weighted by Crippen LogP contribution is 2.22. The van der Waals surface area contributed by atoms with Gasteiger partial charge in [0.2, 0.25) is 5.91 Å². The van der Waals surface area contributed by atoms with Crippen molar-refractivity contribution in [3.8, 4) is 17.1 Å². The van der Waals surface area contributed by atoms with Crippen LogP contribution in [0, 0.1) is 0 Å². The van der Waals surface area contributed by atoms with Gasteiger partial charge in [-0.3, -0.25) is 14.5 Å². The van der Waals surface area contributed by atoms with Gasteiger partial charge in [0, 0.05) is 25.2 Å². The Morgan fingerprint density at radius 1 is 1.14 bits per heavy atom. The summed E-state index contributed by atoms with van der Waals surface area (Å²) in [4.78, 5) is 26.1. The average molecular weight is 393 g/mol. The van der Waals surface area contributed by atoms with E-state index >= 15 is 0 Å². The Bertz CT molecular complexity index is 973. The number of nitrogens with one attached hydrogen (secondary N) is 1. The molecule has 1 aliphatic rings. The summed E-state index contributed by atoms with van der Waals surface area (Å²) < 4.78 is 7.08. The highest BCUT2D eigenvalue weighted by atomic mass is 16.3. The lowest BCUT2D eigenvalue weighted by molar-refractivity contribution is -0.119. The van der Waals surface area contributed by atoms with Gasteiger partial charge in [0.15, 0.2) is 5.76 Å². The van der Waals surface area contributed by atoms with Gasteiger partial charge in [0.1, 0.15) is 11.4 Å². The molecule has 8 heteroatoms. The van der Waals surface area contributed by atoms with Gasteiger partial charge in [-0.15, -0.1) is 0 Å². The molecule has 1 aliphatic heterocycles. The number of nitrogens with two attached hydrogens (primary N) is 1. The first-order valence-corrected chi connectivity index (χ1v) is 9.61. The van der Waals surface area contributed by atoms with Crippen LogP contribution in [0.2, 0.25) is 0 Å². The number of primary amides is 1. The molecular weight excluding hydrogens is 370 g/mol. The van der Waals surface area contributed by atoms with Crippen LogP contribution in [0.5, 0.6) is 0 Å². The number of hydrogen-bond acceptors (Lipinski definition) is 5. The monoisotopic (exact) mass is 393 g/mol. The molecule has 0 radical (unpaired) electrons. The van der Waals surface area contributed by atoms with Gasteiger partial charge >= 0.3 is 0 Å². The van der Waals surface area contributed by atoms with Crippen LogP contribution in [-0.4, -0.2) is 52.2 Å². The van der Waals surface area contributed by atoms with Crippen molar-refractivity contribution in [2.75, 3.05) is 19.6 Å². The molecule has 3 N–H and O–H groups in total. The number of furan rings is 1. The molecule has 1 aromatic carbocycles. The van der Waals surface area contributed by atoms with Crippen molar-refractivity contribution < 1.29 is 14.0 Å². The van der Waals surface area contributed by atoms with Crippen LogP contribution < -0.4 is 11.1 Å². The first-order chi connectivity index (χ1) is 14.1. The lowest BCUT2D eigenvalue weighted by atomic mass is 10.0. The molecule has 0 atom stereocenters. The zero-order valence-electron chi connectivity index (χ0n) is 16.0. The number of para-hydroxylation sites is 1. The van der Waals surface area contributed by atoms with E-state index in [0.29, 0.717) is 17.1 Å². The molecule has 3 heterocycles. The lowest BCUT2D eigenvalue weighted by Crippen LogP contribution is -2.47. The van der Waals surface area contributed by atoms with Gasteiger partial charge < -0.3 is 15.5 Å². The van der Waals surface area contributed by atoms with E-state index in [1.54, 1.807) is 23.1 Å². The molecule has 8 nitrogen and oxygen atoms in total. The minimum atomic E-state index is -0.329. The summed E-state index contributed by atoms with van der Waals surface area (Å²) in [5.41, 5.74) is 7.10. The fourth-order valence-electron chi connectivity index (χ4n) is 3.57. The quantitative estimate of drug-likeness (QED) is 0.664. The summed E-state index contributed by atoms with van der Waals surface area (Å²) >= 11 is 0. The summed E-state index contributed by atoms with van der Waals surface area (Å²) in [6, 6.07) is 14.9. The van der Waals surface area contributed by atoms with Crippen LogP contribution in [-0.2, 0) is 4.79 Å². The van der Waals surface area contributed by atoms with E-state index in [-0.39, 0.29) is 24.4 Å². The molecule has 0 spiro atoms. The summed E-state index contributed by atoms with van der Waals surface area (Å²) in [6.45, 7) is 1.71. The number of rotatable bonds is 6. The van der Waals surface area contributed by atoms with E-state index in [4.69, 9.17) is 10.2 Å². The zero-order valence-corrected chi connectivity index (χ0v) is 16.0. The summed E-state index contributed by atoms with van der Waals surface area (Å²) in [6.07, 6.45) is 3.11. The van der Waals surface area contributed by atoms with Crippen molar-refractivity contribution in [3.63, 3.8) is 0 Å². The maximum atomic E-state index is 13.1. The molecule has 0 saturated carbocycles. The Kier molecular flexibility index (Phi) is 5.44. The highest BCUT2D eigenvalue weighted by Gasteiger charge is 2.24. The standard InChI is InChI=1S/C21H23N5O3/c22-20(27)14-25-10-8-15(9-11-25)23-21(28)18-13-17(19-7-4-12-29-19)24-26(18)16-5-2-1-3-6-16/h1-7,12-13,15H,8-11,14H2,(H2,22,27)(H,23,28). The maximum absolute atomic E-state index is 13.1. The summed E-state index contributed by atoms with van der Waals surface area (Å²) in [5, 5.41) is 7.69. The topological polar surface area (TPSA) is 106 Å². The van der Waals surface area contributed by atoms with Crippen LogP contribution >= 0.6 is 0 Å². The predicted molar refractivity (Wildman–Crippen MR) is 107 cm³/mol. The number of amides is 2. The second-order valence-corrected chi connectivity index (χ2v) is 7.13. The molecule has 1 saturated heterocycles. The fourth-order valence-corrected chi connectivity index (χ4v) is 3.57. The minimum Gasteiger partial charge on any atom is -0.463 e. The molecular formula is C21H23N5O3. The SMILES string of the molecule is NC(=O)CN1CCC(NC(=O)c2cc(-c3ccco3)nn2-c2ccccc2)CC1. The van der Waals surface area contributed by atoms with Crippen LogP contribution in [0.3, 0.4) is 0 Å². The molecule has 3 aromatic rings. The third-order valence-electron chi connectivity index (χ3n) is 5.02. The zero-order chi connectivity index (χ0) is 20.2. The Balaban J connectivity index is 1.53. The first kappa shape index (κ1) is 18.9. The van der Waals surface area contributed by atoms with Crippen LogP contribution in [0.15, 0.2) is 59.2 Å². The Morgan fingerprint density at radius 3 is 2.55 bits per heavy atom. The van der Waals surface area contributed by atoms with Gasteiger partial charge in [0.25, 0.3) is 5.91 Å². The second kappa shape index (κ2) is 8.32. The van der Waals surface area contributed by atoms with Gasteiger partial charge in [-0.05, 0) is 37.1 Å². The molecule has 29 heavy (non-hydrogen) atoms. The van der Waals surface area contributed by atoms with E-state index in [2.05, 4.69) is 10.4 Å². The van der Waals surface area contributed by atoms with Gasteiger partial charge in [-0.1, -0.05) is 18.2 Å². The molecule has 1 fully saturated rings. The third kappa shape index (κ3) is 4.38. The molecule has 0 bridgehead atoms. The number of carbonyl (C=O) groups is 2. The Hall–Kier alpha value is -3.39. The van der Waals surface area contributed by atoms with E-state index in [1.165, 1.54) is 0 Å². The number of hydrogen-bond donors (Lipinski definition) is 2. The third-order valence-corrected chi connectivity index (χ3v) is 5.02. The van der Waals surface area contributed by atoms with E-state index in [9.17, 15) is 9.59 Å². The summed E-state index contributed by atoms with van der Waals surface area (Å²) in [5.74, 6) is 0.0886. The second-order valence-electron chi connectivity index (χ2n) is 7.13. The van der Waals surface area contributed by atoms with Crippen molar-refractivity contribution in [3.05, 3.63) is 60.5 Å². The highest BCUT2D eigenvalue weighted by molar-refractivity contribution is 5.94. The number of carbonyl (C=O) groups excluding carboxylic acids is 2. The van der Waals surface area contributed by atoms with Crippen molar-refractivity contribution in [1.29, 1.82) is 0 Å². The van der Waals surface area contributed by atoms with Gasteiger partial charge in [-0.25, -0.2) is 4.68 Å². The van der Waals surface area contributed by atoms with Gasteiger partial charge in [0.05, 0.1) is 18.5 Å². The van der Waals surface area contributed by atoms with Crippen molar-refractivity contribution >= 4 is 11.8 Å². The summed E-state index contributed by atoms with van der Waals surface area (Å²) in [7, 11) is 0. The first-order valence-electron chi connectivity index (χ1n) is 9.61. The lowest BCUT2D eigenvalue weighted by Gasteiger charge is -2.31. The van der Waals surface area contributed by atoms with Crippen molar-refractivity contribution in [1.82, 2.24) is 20.0 Å². The minimum absolute atomic E-state index is 0.0396. The molecule has 0 unspecified atom stereocenters. The normalized spacial score (nSPS) is 15.3. The average Bonchev–Trinajstić information content (AvgIpc) is 3.39. The molecule has 0 aliphatic carbocycles.